The van der Waals surface area contributed by atoms with Crippen LogP contribution in [0, 0.1) is 18.8 Å². The molecule has 4 atom stereocenters. The van der Waals surface area contributed by atoms with Crippen molar-refractivity contribution in [1.29, 1.82) is 0 Å². The van der Waals surface area contributed by atoms with Crippen molar-refractivity contribution in [3.05, 3.63) is 112 Å². The fraction of sp³-hybridized carbons (Fsp3) is 0.415. The predicted octanol–water partition coefficient (Wildman–Crippen LogP) is 7.83. The number of rotatable bonds is 9. The first-order valence-electron chi connectivity index (χ1n) is 17.9. The van der Waals surface area contributed by atoms with Gasteiger partial charge in [0.15, 0.2) is 19.7 Å². The lowest BCUT2D eigenvalue weighted by Gasteiger charge is -2.55. The molecular weight excluding hydrogens is 675 g/mol. The Morgan fingerprint density at radius 2 is 1.56 bits per heavy atom. The van der Waals surface area contributed by atoms with E-state index in [4.69, 9.17) is 18.4 Å². The number of fused-ring (bicyclic) bond motifs is 4. The molecule has 2 aromatic carbocycles. The molecule has 2 aromatic heterocycles. The van der Waals surface area contributed by atoms with Gasteiger partial charge in [-0.25, -0.2) is 0 Å². The Labute approximate surface area is 305 Å². The zero-order chi connectivity index (χ0) is 37.2. The van der Waals surface area contributed by atoms with Crippen LogP contribution in [0.1, 0.15) is 77.3 Å². The van der Waals surface area contributed by atoms with Gasteiger partial charge < -0.3 is 23.5 Å². The van der Waals surface area contributed by atoms with E-state index in [1.807, 2.05) is 99.7 Å². The average Bonchev–Trinajstić information content (AvgIpc) is 3.52. The zero-order valence-corrected chi connectivity index (χ0v) is 32.1. The van der Waals surface area contributed by atoms with Crippen LogP contribution in [0.3, 0.4) is 0 Å². The van der Waals surface area contributed by atoms with Gasteiger partial charge >= 0.3 is 0 Å². The standard InChI is InChI=1S/C41H47N3O7Si/c1-24-28-19-27-20-29-34(44(5)6)36-33(39(43-50-36)49-23-26-17-13-10-14-18-26)38(47)41(29,51-52(7,8)40(2,3)4)37(46)31(27)35(45)32(28)30(21-42-24)48-22-25-15-11-9-12-16-25/h9-18,21,27,29,34,45H,19-20,22-23H2,1-8H3/t27-,29-,34-,41-/m0/s1. The molecule has 272 valence electrons. The minimum Gasteiger partial charge on any atom is -0.507 e. The van der Waals surface area contributed by atoms with Crippen molar-refractivity contribution in [2.75, 3.05) is 14.1 Å². The van der Waals surface area contributed by atoms with Crippen LogP contribution in [0.25, 0.3) is 5.76 Å². The number of benzene rings is 2. The number of ether oxygens (including phenoxy) is 2. The number of hydrogen-bond donors (Lipinski definition) is 1. The van der Waals surface area contributed by atoms with Crippen molar-refractivity contribution >= 4 is 25.6 Å². The van der Waals surface area contributed by atoms with Crippen LogP contribution >= 0.6 is 0 Å². The quantitative estimate of drug-likeness (QED) is 0.135. The van der Waals surface area contributed by atoms with Gasteiger partial charge in [0.1, 0.15) is 30.3 Å². The zero-order valence-electron chi connectivity index (χ0n) is 31.1. The Bertz CT molecular complexity index is 2050. The van der Waals surface area contributed by atoms with Crippen LogP contribution in [0.15, 0.2) is 77.0 Å². The SMILES string of the molecule is Cc1ncc(OCc2ccccc2)c2c1C[C@H]1C[C@H]3[C@H](N(C)C)c4onc(OCc5ccccc5)c4C(=O)[C@@]3(O[Si](C)(C)C(C)(C)C)C(=O)C1=C2O. The molecule has 1 fully saturated rings. The van der Waals surface area contributed by atoms with Crippen LogP contribution in [0.4, 0.5) is 0 Å². The Balaban J connectivity index is 1.39. The van der Waals surface area contributed by atoms with Gasteiger partial charge in [0.05, 0.1) is 17.8 Å². The molecule has 0 aliphatic heterocycles. The molecule has 11 heteroatoms. The second-order valence-electron chi connectivity index (χ2n) is 16.0. The first-order valence-corrected chi connectivity index (χ1v) is 20.8. The molecule has 1 saturated carbocycles. The predicted molar refractivity (Wildman–Crippen MR) is 199 cm³/mol. The largest absolute Gasteiger partial charge is 0.507 e. The summed E-state index contributed by atoms with van der Waals surface area (Å²) in [5.41, 5.74) is 2.18. The Morgan fingerprint density at radius 1 is 0.942 bits per heavy atom. The normalized spacial score (nSPS) is 22.8. The van der Waals surface area contributed by atoms with E-state index in [9.17, 15) is 5.11 Å². The smallest absolute Gasteiger partial charge is 0.265 e. The Hall–Kier alpha value is -4.58. The van der Waals surface area contributed by atoms with E-state index >= 15 is 9.59 Å². The Kier molecular flexibility index (Phi) is 9.04. The summed E-state index contributed by atoms with van der Waals surface area (Å²) >= 11 is 0. The van der Waals surface area contributed by atoms with E-state index in [1.165, 1.54) is 0 Å². The number of Topliss-reactive ketones (excluding diaryl/α,β-unsaturated/α-hetero) is 2. The minimum atomic E-state index is -2.86. The van der Waals surface area contributed by atoms with Gasteiger partial charge in [-0.2, -0.15) is 0 Å². The summed E-state index contributed by atoms with van der Waals surface area (Å²) in [7, 11) is 0.952. The van der Waals surface area contributed by atoms with Crippen LogP contribution in [-0.4, -0.2) is 59.7 Å². The summed E-state index contributed by atoms with van der Waals surface area (Å²) in [6.45, 7) is 12.6. The topological polar surface area (TPSA) is 124 Å². The number of aryl methyl sites for hydroxylation is 1. The molecule has 52 heavy (non-hydrogen) atoms. The molecule has 0 bridgehead atoms. The molecule has 3 aliphatic carbocycles. The number of aliphatic hydroxyl groups is 1. The van der Waals surface area contributed by atoms with Gasteiger partial charge in [-0.15, -0.1) is 0 Å². The number of nitrogens with zero attached hydrogens (tertiary/aromatic N) is 3. The molecule has 0 amide bonds. The maximum atomic E-state index is 15.6. The average molecular weight is 722 g/mol. The molecule has 4 aromatic rings. The number of aromatic nitrogens is 2. The molecule has 10 nitrogen and oxygen atoms in total. The number of aliphatic hydroxyl groups excluding tert-OH is 1. The Morgan fingerprint density at radius 3 is 2.15 bits per heavy atom. The molecular formula is C41H47N3O7Si. The molecule has 0 radical (unpaired) electrons. The fourth-order valence-corrected chi connectivity index (χ4v) is 9.27. The van der Waals surface area contributed by atoms with E-state index < -0.39 is 43.4 Å². The number of carbonyl (C=O) groups excluding carboxylic acids is 2. The van der Waals surface area contributed by atoms with Crippen molar-refractivity contribution in [2.24, 2.45) is 11.8 Å². The van der Waals surface area contributed by atoms with Crippen LogP contribution in [-0.2, 0) is 28.9 Å². The second kappa shape index (κ2) is 13.1. The van der Waals surface area contributed by atoms with Gasteiger partial charge in [0.25, 0.3) is 5.88 Å². The molecule has 0 saturated heterocycles. The molecule has 3 aliphatic rings. The van der Waals surface area contributed by atoms with Gasteiger partial charge in [0, 0.05) is 17.2 Å². The molecule has 0 spiro atoms. The number of hydrogen-bond acceptors (Lipinski definition) is 10. The van der Waals surface area contributed by atoms with Gasteiger partial charge in [-0.05, 0) is 79.8 Å². The number of carbonyl (C=O) groups is 2. The summed E-state index contributed by atoms with van der Waals surface area (Å²) in [5, 5.41) is 16.2. The molecule has 0 unspecified atom stereocenters. The van der Waals surface area contributed by atoms with Gasteiger partial charge in [-0.3, -0.25) is 19.5 Å². The van der Waals surface area contributed by atoms with E-state index in [0.717, 1.165) is 22.4 Å². The lowest BCUT2D eigenvalue weighted by molar-refractivity contribution is -0.140. The number of pyridine rings is 1. The van der Waals surface area contributed by atoms with Crippen molar-refractivity contribution in [1.82, 2.24) is 15.0 Å². The van der Waals surface area contributed by atoms with Crippen molar-refractivity contribution in [2.45, 2.75) is 83.5 Å². The van der Waals surface area contributed by atoms with E-state index in [1.54, 1.807) is 6.20 Å². The highest BCUT2D eigenvalue weighted by Crippen LogP contribution is 2.59. The molecule has 1 N–H and O–H groups in total. The summed E-state index contributed by atoms with van der Waals surface area (Å²) in [6.07, 6.45) is 2.42. The van der Waals surface area contributed by atoms with Crippen LogP contribution in [0.5, 0.6) is 11.6 Å². The lowest BCUT2D eigenvalue weighted by atomic mass is 9.57. The third-order valence-corrected chi connectivity index (χ3v) is 15.9. The summed E-state index contributed by atoms with van der Waals surface area (Å²) in [6, 6.07) is 18.8. The van der Waals surface area contributed by atoms with E-state index in [2.05, 4.69) is 30.9 Å². The molecule has 2 heterocycles. The number of ketones is 2. The monoisotopic (exact) mass is 721 g/mol. The fourth-order valence-electron chi connectivity index (χ4n) is 7.83. The summed E-state index contributed by atoms with van der Waals surface area (Å²) < 4.78 is 25.6. The van der Waals surface area contributed by atoms with Crippen molar-refractivity contribution in [3.63, 3.8) is 0 Å². The summed E-state index contributed by atoms with van der Waals surface area (Å²) in [5.74, 6) is -1.55. The van der Waals surface area contributed by atoms with Crippen molar-refractivity contribution < 1.29 is 33.1 Å². The highest BCUT2D eigenvalue weighted by atomic mass is 28.4. The maximum Gasteiger partial charge on any atom is 0.265 e. The third-order valence-electron chi connectivity index (χ3n) is 11.5. The maximum absolute atomic E-state index is 15.6. The van der Waals surface area contributed by atoms with Gasteiger partial charge in [-0.1, -0.05) is 81.4 Å². The lowest BCUT2D eigenvalue weighted by Crippen LogP contribution is -2.68. The van der Waals surface area contributed by atoms with E-state index in [-0.39, 0.29) is 41.0 Å². The van der Waals surface area contributed by atoms with Crippen LogP contribution < -0.4 is 9.47 Å². The summed E-state index contributed by atoms with van der Waals surface area (Å²) in [4.78, 5) is 37.6. The first kappa shape index (κ1) is 35.8. The van der Waals surface area contributed by atoms with Gasteiger partial charge in [0.2, 0.25) is 11.6 Å². The highest BCUT2D eigenvalue weighted by Gasteiger charge is 2.69. The van der Waals surface area contributed by atoms with Crippen molar-refractivity contribution in [3.8, 4) is 11.6 Å². The highest BCUT2D eigenvalue weighted by molar-refractivity contribution is 6.74. The second-order valence-corrected chi connectivity index (χ2v) is 20.7. The minimum absolute atomic E-state index is 0.0211. The third kappa shape index (κ3) is 5.79. The molecule has 7 rings (SSSR count). The first-order chi connectivity index (χ1) is 24.7. The van der Waals surface area contributed by atoms with E-state index in [0.29, 0.717) is 29.9 Å². The van der Waals surface area contributed by atoms with Crippen LogP contribution in [0.2, 0.25) is 18.1 Å².